The zero-order valence-electron chi connectivity index (χ0n) is 5.98. The van der Waals surface area contributed by atoms with E-state index in [2.05, 4.69) is 17.6 Å². The first-order chi connectivity index (χ1) is 4.34. The Morgan fingerprint density at radius 1 is 1.33 bits per heavy atom. The summed E-state index contributed by atoms with van der Waals surface area (Å²) in [5, 5.41) is 6.53. The lowest BCUT2D eigenvalue weighted by molar-refractivity contribution is 0.0334. The van der Waals surface area contributed by atoms with Crippen LogP contribution in [0.5, 0.6) is 0 Å². The fourth-order valence-electron chi connectivity index (χ4n) is 1.09. The van der Waals surface area contributed by atoms with Gasteiger partial charge in [0.05, 0.1) is 0 Å². The first-order valence-electron chi connectivity index (χ1n) is 3.34. The van der Waals surface area contributed by atoms with E-state index in [0.29, 0.717) is 6.04 Å². The molecule has 1 heterocycles. The highest BCUT2D eigenvalue weighted by atomic mass is 16.5. The molecule has 0 spiro atoms. The molecular weight excluding hydrogens is 116 g/mol. The average Bonchev–Trinajstić information content (AvgIpc) is 1.89. The number of hydrogen-bond acceptors (Lipinski definition) is 3. The Balaban J connectivity index is 2.30. The third kappa shape index (κ3) is 1.64. The van der Waals surface area contributed by atoms with Crippen molar-refractivity contribution >= 4 is 0 Å². The van der Waals surface area contributed by atoms with E-state index >= 15 is 0 Å². The van der Waals surface area contributed by atoms with Gasteiger partial charge < -0.3 is 10.1 Å². The third-order valence-electron chi connectivity index (χ3n) is 1.64. The van der Waals surface area contributed by atoms with Gasteiger partial charge >= 0.3 is 0 Å². The van der Waals surface area contributed by atoms with Crippen LogP contribution in [0, 0.1) is 0 Å². The van der Waals surface area contributed by atoms with Crippen molar-refractivity contribution in [1.82, 2.24) is 10.6 Å². The average molecular weight is 130 g/mol. The molecule has 0 aromatic rings. The summed E-state index contributed by atoms with van der Waals surface area (Å²) in [7, 11) is 1.72. The molecule has 1 saturated heterocycles. The minimum absolute atomic E-state index is 0.193. The summed E-state index contributed by atoms with van der Waals surface area (Å²) in [4.78, 5) is 0. The Morgan fingerprint density at radius 2 is 2.00 bits per heavy atom. The first-order valence-corrected chi connectivity index (χ1v) is 3.34. The molecule has 0 aliphatic carbocycles. The Kier molecular flexibility index (Phi) is 2.45. The standard InChI is InChI=1S/C6H14N2O/c1-5-6(9-2)8-4-3-7-5/h5-8H,3-4H2,1-2H3. The van der Waals surface area contributed by atoms with E-state index < -0.39 is 0 Å². The number of ether oxygens (including phenoxy) is 1. The van der Waals surface area contributed by atoms with Gasteiger partial charge in [0, 0.05) is 26.2 Å². The molecule has 2 N–H and O–H groups in total. The number of hydrogen-bond donors (Lipinski definition) is 2. The van der Waals surface area contributed by atoms with Crippen LogP contribution in [0.3, 0.4) is 0 Å². The van der Waals surface area contributed by atoms with Crippen molar-refractivity contribution in [1.29, 1.82) is 0 Å². The number of nitrogens with one attached hydrogen (secondary N) is 2. The molecule has 0 aromatic heterocycles. The summed E-state index contributed by atoms with van der Waals surface area (Å²) >= 11 is 0. The molecule has 1 fully saturated rings. The molecule has 2 atom stereocenters. The largest absolute Gasteiger partial charge is 0.365 e. The highest BCUT2D eigenvalue weighted by Crippen LogP contribution is 1.96. The Bertz CT molecular complexity index is 87.1. The van der Waals surface area contributed by atoms with Crippen LogP contribution in [0.25, 0.3) is 0 Å². The van der Waals surface area contributed by atoms with Crippen LogP contribution in [0.15, 0.2) is 0 Å². The maximum Gasteiger partial charge on any atom is 0.122 e. The van der Waals surface area contributed by atoms with Crippen LogP contribution in [0.1, 0.15) is 6.92 Å². The topological polar surface area (TPSA) is 33.3 Å². The number of piperazine rings is 1. The maximum absolute atomic E-state index is 5.13. The third-order valence-corrected chi connectivity index (χ3v) is 1.64. The molecule has 9 heavy (non-hydrogen) atoms. The van der Waals surface area contributed by atoms with E-state index in [9.17, 15) is 0 Å². The Labute approximate surface area is 55.8 Å². The van der Waals surface area contributed by atoms with Crippen molar-refractivity contribution in [2.24, 2.45) is 0 Å². The van der Waals surface area contributed by atoms with Crippen molar-refractivity contribution in [2.75, 3.05) is 20.2 Å². The van der Waals surface area contributed by atoms with Gasteiger partial charge in [-0.3, -0.25) is 5.32 Å². The molecule has 0 aromatic carbocycles. The Morgan fingerprint density at radius 3 is 2.44 bits per heavy atom. The normalized spacial score (nSPS) is 36.7. The van der Waals surface area contributed by atoms with E-state index in [1.54, 1.807) is 7.11 Å². The second kappa shape index (κ2) is 3.15. The van der Waals surface area contributed by atoms with Crippen LogP contribution in [0.2, 0.25) is 0 Å². The van der Waals surface area contributed by atoms with E-state index in [-0.39, 0.29) is 6.23 Å². The highest BCUT2D eigenvalue weighted by Gasteiger charge is 2.18. The quantitative estimate of drug-likeness (QED) is 0.504. The molecule has 0 saturated carbocycles. The fourth-order valence-corrected chi connectivity index (χ4v) is 1.09. The molecule has 3 heteroatoms. The minimum Gasteiger partial charge on any atom is -0.365 e. The van der Waals surface area contributed by atoms with Crippen molar-refractivity contribution in [3.63, 3.8) is 0 Å². The molecule has 3 nitrogen and oxygen atoms in total. The van der Waals surface area contributed by atoms with Crippen molar-refractivity contribution in [2.45, 2.75) is 19.2 Å². The summed E-state index contributed by atoms with van der Waals surface area (Å²) in [5.74, 6) is 0. The molecule has 1 aliphatic heterocycles. The molecular formula is C6H14N2O. The number of rotatable bonds is 1. The van der Waals surface area contributed by atoms with Crippen LogP contribution in [-0.2, 0) is 4.74 Å². The SMILES string of the molecule is COC1NCCNC1C. The van der Waals surface area contributed by atoms with Crippen LogP contribution < -0.4 is 10.6 Å². The van der Waals surface area contributed by atoms with E-state index in [1.165, 1.54) is 0 Å². The lowest BCUT2D eigenvalue weighted by Gasteiger charge is -2.29. The van der Waals surface area contributed by atoms with Gasteiger partial charge in [-0.2, -0.15) is 0 Å². The summed E-state index contributed by atoms with van der Waals surface area (Å²) in [6.07, 6.45) is 0.193. The fraction of sp³-hybridized carbons (Fsp3) is 1.00. The summed E-state index contributed by atoms with van der Waals surface area (Å²) in [6, 6.07) is 0.434. The molecule has 0 bridgehead atoms. The second-order valence-corrected chi connectivity index (χ2v) is 2.35. The van der Waals surface area contributed by atoms with Crippen molar-refractivity contribution < 1.29 is 4.74 Å². The summed E-state index contributed by atoms with van der Waals surface area (Å²) in [5.41, 5.74) is 0. The first kappa shape index (κ1) is 6.99. The van der Waals surface area contributed by atoms with Crippen LogP contribution >= 0.6 is 0 Å². The molecule has 1 aliphatic rings. The van der Waals surface area contributed by atoms with Crippen molar-refractivity contribution in [3.05, 3.63) is 0 Å². The smallest absolute Gasteiger partial charge is 0.122 e. The van der Waals surface area contributed by atoms with Gasteiger partial charge in [-0.15, -0.1) is 0 Å². The van der Waals surface area contributed by atoms with Gasteiger partial charge in [0.1, 0.15) is 6.23 Å². The van der Waals surface area contributed by atoms with Gasteiger partial charge in [-0.1, -0.05) is 0 Å². The van der Waals surface area contributed by atoms with Gasteiger partial charge in [0.15, 0.2) is 0 Å². The van der Waals surface area contributed by atoms with Gasteiger partial charge in [-0.05, 0) is 6.92 Å². The number of methoxy groups -OCH3 is 1. The molecule has 0 amide bonds. The zero-order chi connectivity index (χ0) is 6.69. The lowest BCUT2D eigenvalue weighted by atomic mass is 10.2. The second-order valence-electron chi connectivity index (χ2n) is 2.35. The highest BCUT2D eigenvalue weighted by molar-refractivity contribution is 4.75. The predicted molar refractivity (Wildman–Crippen MR) is 36.3 cm³/mol. The minimum atomic E-state index is 0.193. The lowest BCUT2D eigenvalue weighted by Crippen LogP contribution is -2.55. The predicted octanol–water partition coefficient (Wildman–Crippen LogP) is -0.460. The Hall–Kier alpha value is -0.120. The van der Waals surface area contributed by atoms with Crippen molar-refractivity contribution in [3.8, 4) is 0 Å². The molecule has 1 rings (SSSR count). The van der Waals surface area contributed by atoms with E-state index in [0.717, 1.165) is 13.1 Å². The summed E-state index contributed by atoms with van der Waals surface area (Å²) in [6.45, 7) is 4.16. The van der Waals surface area contributed by atoms with Crippen LogP contribution in [-0.4, -0.2) is 32.5 Å². The monoisotopic (exact) mass is 130 g/mol. The van der Waals surface area contributed by atoms with Gasteiger partial charge in [-0.25, -0.2) is 0 Å². The van der Waals surface area contributed by atoms with Gasteiger partial charge in [0.25, 0.3) is 0 Å². The molecule has 2 unspecified atom stereocenters. The van der Waals surface area contributed by atoms with Crippen LogP contribution in [0.4, 0.5) is 0 Å². The maximum atomic E-state index is 5.13. The summed E-state index contributed by atoms with van der Waals surface area (Å²) < 4.78 is 5.13. The molecule has 54 valence electrons. The molecule has 0 radical (unpaired) electrons. The zero-order valence-corrected chi connectivity index (χ0v) is 5.98. The van der Waals surface area contributed by atoms with E-state index in [1.807, 2.05) is 0 Å². The van der Waals surface area contributed by atoms with Gasteiger partial charge in [0.2, 0.25) is 0 Å². The van der Waals surface area contributed by atoms with E-state index in [4.69, 9.17) is 4.74 Å².